The Morgan fingerprint density at radius 2 is 2.67 bits per heavy atom. The fraction of sp³-hybridized carbons (Fsp3) is 1.00. The number of hydrogen-bond donors (Lipinski definition) is 2. The normalized spacial score (nSPS) is 30.7. The molecule has 3 N–H and O–H groups in total. The fourth-order valence-electron chi connectivity index (χ4n) is 1.02. The Balaban J connectivity index is 2.11. The molecule has 3 heteroatoms. The van der Waals surface area contributed by atoms with Gasteiger partial charge in [0, 0.05) is 12.6 Å². The van der Waals surface area contributed by atoms with Gasteiger partial charge in [0.1, 0.15) is 0 Å². The van der Waals surface area contributed by atoms with E-state index in [1.807, 2.05) is 6.92 Å². The maximum Gasteiger partial charge on any atom is 0.0970 e. The summed E-state index contributed by atoms with van der Waals surface area (Å²) in [5.74, 6) is 0. The van der Waals surface area contributed by atoms with E-state index in [1.165, 1.54) is 0 Å². The topological polar surface area (TPSA) is 47.3 Å². The highest BCUT2D eigenvalue weighted by molar-refractivity contribution is 4.70. The third-order valence-electron chi connectivity index (χ3n) is 1.43. The number of rotatable bonds is 2. The Labute approximate surface area is 55.6 Å². The van der Waals surface area contributed by atoms with E-state index in [0.717, 1.165) is 13.0 Å². The molecular formula is C6H14N2O. The van der Waals surface area contributed by atoms with Crippen molar-refractivity contribution in [3.63, 3.8) is 0 Å². The highest BCUT2D eigenvalue weighted by atomic mass is 16.5. The zero-order valence-corrected chi connectivity index (χ0v) is 5.76. The van der Waals surface area contributed by atoms with E-state index >= 15 is 0 Å². The molecule has 0 saturated carbocycles. The third-order valence-corrected chi connectivity index (χ3v) is 1.43. The first-order chi connectivity index (χ1) is 4.29. The number of nitrogens with two attached hydrogens (primary N) is 1. The SMILES string of the molecule is CC(N)CC1CNCO1. The standard InChI is InChI=1S/C6H14N2O/c1-5(7)2-6-3-8-4-9-6/h5-6,8H,2-4,7H2,1H3. The van der Waals surface area contributed by atoms with Gasteiger partial charge >= 0.3 is 0 Å². The Morgan fingerprint density at radius 1 is 1.89 bits per heavy atom. The highest BCUT2D eigenvalue weighted by Gasteiger charge is 2.15. The monoisotopic (exact) mass is 130 g/mol. The zero-order chi connectivity index (χ0) is 6.69. The highest BCUT2D eigenvalue weighted by Crippen LogP contribution is 2.03. The molecule has 1 aliphatic heterocycles. The lowest BCUT2D eigenvalue weighted by Crippen LogP contribution is -2.25. The van der Waals surface area contributed by atoms with Gasteiger partial charge in [0.2, 0.25) is 0 Å². The van der Waals surface area contributed by atoms with Crippen LogP contribution in [0.3, 0.4) is 0 Å². The summed E-state index contributed by atoms with van der Waals surface area (Å²) in [5, 5.41) is 3.10. The molecule has 54 valence electrons. The number of ether oxygens (including phenoxy) is 1. The molecule has 0 amide bonds. The smallest absolute Gasteiger partial charge is 0.0970 e. The van der Waals surface area contributed by atoms with Crippen LogP contribution < -0.4 is 11.1 Å². The van der Waals surface area contributed by atoms with Gasteiger partial charge in [-0.15, -0.1) is 0 Å². The van der Waals surface area contributed by atoms with Gasteiger partial charge in [0.05, 0.1) is 12.8 Å². The maximum atomic E-state index is 5.56. The van der Waals surface area contributed by atoms with Crippen molar-refractivity contribution in [3.8, 4) is 0 Å². The molecule has 2 unspecified atom stereocenters. The molecule has 9 heavy (non-hydrogen) atoms. The van der Waals surface area contributed by atoms with Crippen molar-refractivity contribution in [2.24, 2.45) is 5.73 Å². The van der Waals surface area contributed by atoms with E-state index in [-0.39, 0.29) is 6.04 Å². The molecule has 1 aliphatic rings. The molecule has 1 rings (SSSR count). The van der Waals surface area contributed by atoms with Crippen LogP contribution in [0.5, 0.6) is 0 Å². The van der Waals surface area contributed by atoms with E-state index in [4.69, 9.17) is 10.5 Å². The minimum atomic E-state index is 0.259. The lowest BCUT2D eigenvalue weighted by atomic mass is 10.1. The molecule has 0 radical (unpaired) electrons. The molecule has 1 fully saturated rings. The summed E-state index contributed by atoms with van der Waals surface area (Å²) >= 11 is 0. The molecule has 1 heterocycles. The Kier molecular flexibility index (Phi) is 2.45. The average molecular weight is 130 g/mol. The van der Waals surface area contributed by atoms with E-state index < -0.39 is 0 Å². The molecule has 0 aromatic heterocycles. The summed E-state index contributed by atoms with van der Waals surface area (Å²) in [7, 11) is 0. The first-order valence-corrected chi connectivity index (χ1v) is 3.37. The van der Waals surface area contributed by atoms with E-state index in [0.29, 0.717) is 12.8 Å². The molecule has 0 aromatic rings. The second-order valence-electron chi connectivity index (χ2n) is 2.60. The Morgan fingerprint density at radius 3 is 3.11 bits per heavy atom. The molecule has 0 aromatic carbocycles. The van der Waals surface area contributed by atoms with Gasteiger partial charge in [-0.2, -0.15) is 0 Å². The van der Waals surface area contributed by atoms with Crippen molar-refractivity contribution in [1.82, 2.24) is 5.32 Å². The largest absolute Gasteiger partial charge is 0.362 e. The third kappa shape index (κ3) is 2.30. The first kappa shape index (κ1) is 6.99. The number of hydrogen-bond acceptors (Lipinski definition) is 3. The lowest BCUT2D eigenvalue weighted by Gasteiger charge is -2.09. The molecular weight excluding hydrogens is 116 g/mol. The van der Waals surface area contributed by atoms with Crippen molar-refractivity contribution in [2.75, 3.05) is 13.3 Å². The van der Waals surface area contributed by atoms with Gasteiger partial charge in [0.15, 0.2) is 0 Å². The predicted octanol–water partition coefficient (Wildman–Crippen LogP) is -0.330. The van der Waals surface area contributed by atoms with Crippen LogP contribution in [0.4, 0.5) is 0 Å². The van der Waals surface area contributed by atoms with Crippen molar-refractivity contribution in [2.45, 2.75) is 25.5 Å². The van der Waals surface area contributed by atoms with Gasteiger partial charge in [-0.25, -0.2) is 0 Å². The Hall–Kier alpha value is -0.120. The van der Waals surface area contributed by atoms with E-state index in [2.05, 4.69) is 5.32 Å². The summed E-state index contributed by atoms with van der Waals surface area (Å²) in [5.41, 5.74) is 5.56. The minimum absolute atomic E-state index is 0.259. The summed E-state index contributed by atoms with van der Waals surface area (Å²) in [4.78, 5) is 0. The zero-order valence-electron chi connectivity index (χ0n) is 5.76. The summed E-state index contributed by atoms with van der Waals surface area (Å²) in [6.45, 7) is 3.65. The maximum absolute atomic E-state index is 5.56. The van der Waals surface area contributed by atoms with Gasteiger partial charge in [0.25, 0.3) is 0 Å². The van der Waals surface area contributed by atoms with Crippen LogP contribution in [0.1, 0.15) is 13.3 Å². The van der Waals surface area contributed by atoms with E-state index in [9.17, 15) is 0 Å². The van der Waals surface area contributed by atoms with Gasteiger partial charge < -0.3 is 10.5 Å². The van der Waals surface area contributed by atoms with Crippen LogP contribution in [-0.2, 0) is 4.74 Å². The van der Waals surface area contributed by atoms with Crippen LogP contribution in [0, 0.1) is 0 Å². The van der Waals surface area contributed by atoms with Gasteiger partial charge in [-0.05, 0) is 13.3 Å². The van der Waals surface area contributed by atoms with Crippen molar-refractivity contribution < 1.29 is 4.74 Å². The second kappa shape index (κ2) is 3.15. The molecule has 3 nitrogen and oxygen atoms in total. The molecule has 1 saturated heterocycles. The predicted molar refractivity (Wildman–Crippen MR) is 36.0 cm³/mol. The summed E-state index contributed by atoms with van der Waals surface area (Å²) in [6.07, 6.45) is 1.32. The summed E-state index contributed by atoms with van der Waals surface area (Å²) in [6, 6.07) is 0.259. The Bertz CT molecular complexity index is 79.1. The minimum Gasteiger partial charge on any atom is -0.362 e. The van der Waals surface area contributed by atoms with Crippen LogP contribution in [0.15, 0.2) is 0 Å². The van der Waals surface area contributed by atoms with Crippen LogP contribution in [-0.4, -0.2) is 25.4 Å². The molecule has 2 atom stereocenters. The second-order valence-corrected chi connectivity index (χ2v) is 2.60. The van der Waals surface area contributed by atoms with Crippen molar-refractivity contribution >= 4 is 0 Å². The number of nitrogens with one attached hydrogen (secondary N) is 1. The van der Waals surface area contributed by atoms with Crippen LogP contribution in [0.2, 0.25) is 0 Å². The fourth-order valence-corrected chi connectivity index (χ4v) is 1.02. The van der Waals surface area contributed by atoms with Gasteiger partial charge in [-0.1, -0.05) is 0 Å². The molecule has 0 aliphatic carbocycles. The first-order valence-electron chi connectivity index (χ1n) is 3.37. The quantitative estimate of drug-likeness (QED) is 0.538. The summed E-state index contributed by atoms with van der Waals surface area (Å²) < 4.78 is 5.27. The lowest BCUT2D eigenvalue weighted by molar-refractivity contribution is 0.103. The van der Waals surface area contributed by atoms with Crippen molar-refractivity contribution in [1.29, 1.82) is 0 Å². The van der Waals surface area contributed by atoms with E-state index in [1.54, 1.807) is 0 Å². The van der Waals surface area contributed by atoms with Crippen LogP contribution in [0.25, 0.3) is 0 Å². The molecule has 0 bridgehead atoms. The van der Waals surface area contributed by atoms with Crippen molar-refractivity contribution in [3.05, 3.63) is 0 Å². The van der Waals surface area contributed by atoms with Crippen LogP contribution >= 0.6 is 0 Å². The average Bonchev–Trinajstić information content (AvgIpc) is 2.15. The molecule has 0 spiro atoms. The van der Waals surface area contributed by atoms with Gasteiger partial charge in [-0.3, -0.25) is 5.32 Å².